The van der Waals surface area contributed by atoms with Crippen molar-refractivity contribution in [3.05, 3.63) is 109 Å². The molecule has 176 valence electrons. The molecule has 0 fully saturated rings. The van der Waals surface area contributed by atoms with Gasteiger partial charge < -0.3 is 0 Å². The molecule has 0 unspecified atom stereocenters. The van der Waals surface area contributed by atoms with Crippen molar-refractivity contribution < 1.29 is 0 Å². The quantitative estimate of drug-likeness (QED) is 0.171. The van der Waals surface area contributed by atoms with E-state index in [0.717, 1.165) is 11.3 Å². The number of hydrogen-bond acceptors (Lipinski definition) is 1. The van der Waals surface area contributed by atoms with Gasteiger partial charge in [-0.3, -0.25) is 4.40 Å². The van der Waals surface area contributed by atoms with Crippen LogP contribution < -0.4 is 0 Å². The topological polar surface area (TPSA) is 17.3 Å². The van der Waals surface area contributed by atoms with Crippen molar-refractivity contribution in [1.82, 2.24) is 9.38 Å². The summed E-state index contributed by atoms with van der Waals surface area (Å²) in [5.41, 5.74) is 7.10. The number of hydrogen-bond donors (Lipinski definition) is 0. The maximum absolute atomic E-state index is 5.45. The van der Waals surface area contributed by atoms with Gasteiger partial charge in [-0.1, -0.05) is 112 Å². The molecule has 3 heterocycles. The molecule has 0 aliphatic carbocycles. The van der Waals surface area contributed by atoms with Crippen LogP contribution in [0.25, 0.3) is 71.0 Å². The first kappa shape index (κ1) is 20.7. The van der Waals surface area contributed by atoms with E-state index in [0.29, 0.717) is 0 Å². The van der Waals surface area contributed by atoms with Crippen LogP contribution in [-0.4, -0.2) is 9.38 Å². The number of fused-ring (bicyclic) bond motifs is 7. The van der Waals surface area contributed by atoms with Crippen molar-refractivity contribution in [2.45, 2.75) is 26.2 Å². The number of nitrogens with zero attached hydrogens (tertiary/aromatic N) is 2. The van der Waals surface area contributed by atoms with Crippen LogP contribution in [0.2, 0.25) is 0 Å². The molecule has 0 saturated carbocycles. The second-order valence-corrected chi connectivity index (χ2v) is 11.3. The third-order valence-corrected chi connectivity index (χ3v) is 8.05. The van der Waals surface area contributed by atoms with Crippen LogP contribution in [0.15, 0.2) is 103 Å². The van der Waals surface area contributed by atoms with E-state index in [2.05, 4.69) is 128 Å². The molecule has 5 aromatic carbocycles. The Kier molecular flexibility index (Phi) is 3.96. The van der Waals surface area contributed by atoms with Gasteiger partial charge >= 0.3 is 0 Å². The van der Waals surface area contributed by atoms with E-state index in [1.807, 2.05) is 0 Å². The number of pyridine rings is 2. The molecular formula is C35H26N2. The molecule has 8 rings (SSSR count). The summed E-state index contributed by atoms with van der Waals surface area (Å²) < 4.78 is 2.44. The lowest BCUT2D eigenvalue weighted by Gasteiger charge is -2.23. The molecule has 8 aromatic rings. The van der Waals surface area contributed by atoms with Gasteiger partial charge in [-0.25, -0.2) is 4.98 Å². The zero-order valence-electron chi connectivity index (χ0n) is 21.2. The average Bonchev–Trinajstić information content (AvgIpc) is 3.33. The third-order valence-electron chi connectivity index (χ3n) is 8.05. The zero-order chi connectivity index (χ0) is 24.9. The monoisotopic (exact) mass is 474 g/mol. The maximum Gasteiger partial charge on any atom is 0.146 e. The summed E-state index contributed by atoms with van der Waals surface area (Å²) in [6.07, 6.45) is 0. The largest absolute Gasteiger partial charge is 0.290 e. The van der Waals surface area contributed by atoms with Gasteiger partial charge in [-0.2, -0.15) is 0 Å². The first-order chi connectivity index (χ1) is 18.0. The normalized spacial score (nSPS) is 12.7. The second kappa shape index (κ2) is 7.08. The van der Waals surface area contributed by atoms with E-state index < -0.39 is 0 Å². The molecule has 0 bridgehead atoms. The van der Waals surface area contributed by atoms with Gasteiger partial charge in [0, 0.05) is 27.1 Å². The van der Waals surface area contributed by atoms with Crippen molar-refractivity contribution in [1.29, 1.82) is 0 Å². The summed E-state index contributed by atoms with van der Waals surface area (Å²) in [6, 6.07) is 37.6. The summed E-state index contributed by atoms with van der Waals surface area (Å²) in [6.45, 7) is 6.91. The highest BCUT2D eigenvalue weighted by Crippen LogP contribution is 2.44. The zero-order valence-corrected chi connectivity index (χ0v) is 21.2. The number of benzene rings is 5. The predicted molar refractivity (Wildman–Crippen MR) is 158 cm³/mol. The van der Waals surface area contributed by atoms with Crippen LogP contribution in [0.5, 0.6) is 0 Å². The average molecular weight is 475 g/mol. The van der Waals surface area contributed by atoms with Crippen LogP contribution >= 0.6 is 0 Å². The highest BCUT2D eigenvalue weighted by atomic mass is 15.0. The highest BCUT2D eigenvalue weighted by Gasteiger charge is 2.25. The fourth-order valence-corrected chi connectivity index (χ4v) is 6.24. The Labute approximate surface area is 215 Å². The predicted octanol–water partition coefficient (Wildman–Crippen LogP) is 9.50. The van der Waals surface area contributed by atoms with Crippen molar-refractivity contribution in [2.24, 2.45) is 0 Å². The second-order valence-electron chi connectivity index (χ2n) is 11.3. The number of aromatic nitrogens is 2. The number of rotatable bonds is 1. The molecule has 0 N–H and O–H groups in total. The smallest absolute Gasteiger partial charge is 0.146 e. The highest BCUT2D eigenvalue weighted by molar-refractivity contribution is 6.26. The first-order valence-corrected chi connectivity index (χ1v) is 13.0. The van der Waals surface area contributed by atoms with Gasteiger partial charge in [-0.15, -0.1) is 0 Å². The third kappa shape index (κ3) is 2.73. The van der Waals surface area contributed by atoms with Crippen molar-refractivity contribution in [2.75, 3.05) is 0 Å². The maximum atomic E-state index is 5.45. The van der Waals surface area contributed by atoms with Gasteiger partial charge in [0.05, 0.1) is 16.7 Å². The Morgan fingerprint density at radius 3 is 1.81 bits per heavy atom. The van der Waals surface area contributed by atoms with Crippen LogP contribution in [-0.2, 0) is 5.41 Å². The van der Waals surface area contributed by atoms with E-state index >= 15 is 0 Å². The Bertz CT molecular complexity index is 2150. The Balaban J connectivity index is 1.70. The lowest BCUT2D eigenvalue weighted by atomic mass is 9.84. The summed E-state index contributed by atoms with van der Waals surface area (Å²) in [7, 11) is 0. The van der Waals surface area contributed by atoms with Crippen LogP contribution in [0.1, 0.15) is 26.3 Å². The van der Waals surface area contributed by atoms with Gasteiger partial charge in [0.25, 0.3) is 0 Å². The van der Waals surface area contributed by atoms with Gasteiger partial charge in [0.1, 0.15) is 5.65 Å². The Morgan fingerprint density at radius 2 is 1.11 bits per heavy atom. The molecule has 0 aliphatic rings. The first-order valence-electron chi connectivity index (χ1n) is 13.0. The van der Waals surface area contributed by atoms with E-state index in [-0.39, 0.29) is 5.41 Å². The fraction of sp³-hybridized carbons (Fsp3) is 0.114. The van der Waals surface area contributed by atoms with E-state index in [9.17, 15) is 0 Å². The fourth-order valence-electron chi connectivity index (χ4n) is 6.24. The SMILES string of the molecule is CC(C)(C)c1cc2c3ccccc3c3nc(-c4cccc5ccccc45)c4c5ccccc5c(c1)c2n34. The minimum absolute atomic E-state index is 0.0407. The van der Waals surface area contributed by atoms with E-state index in [1.54, 1.807) is 0 Å². The van der Waals surface area contributed by atoms with E-state index in [4.69, 9.17) is 4.98 Å². The lowest BCUT2D eigenvalue weighted by Crippen LogP contribution is -2.11. The Hall–Kier alpha value is -4.43. The van der Waals surface area contributed by atoms with Gasteiger partial charge in [0.15, 0.2) is 0 Å². The summed E-state index contributed by atoms with van der Waals surface area (Å²) in [4.78, 5) is 5.45. The van der Waals surface area contributed by atoms with Gasteiger partial charge in [0.2, 0.25) is 0 Å². The molecule has 0 amide bonds. The molecule has 2 nitrogen and oxygen atoms in total. The lowest BCUT2D eigenvalue weighted by molar-refractivity contribution is 0.592. The Morgan fingerprint density at radius 1 is 0.541 bits per heavy atom. The molecule has 0 spiro atoms. The standard InChI is InChI=1S/C35H26N2/c1-35(2,3)22-19-29-24-14-6-8-16-27(24)33-31(26-18-10-12-21-11-4-5-13-23(21)26)36-34-28-17-9-7-15-25(28)30(20-22)32(29)37(33)34/h4-20H,1-3H3. The summed E-state index contributed by atoms with van der Waals surface area (Å²) in [5.74, 6) is 0. The minimum Gasteiger partial charge on any atom is -0.290 e. The molecule has 3 aromatic heterocycles. The molecule has 2 heteroatoms. The summed E-state index contributed by atoms with van der Waals surface area (Å²) >= 11 is 0. The minimum atomic E-state index is 0.0407. The van der Waals surface area contributed by atoms with Crippen LogP contribution in [0.3, 0.4) is 0 Å². The van der Waals surface area contributed by atoms with Crippen molar-refractivity contribution in [3.8, 4) is 11.3 Å². The van der Waals surface area contributed by atoms with Gasteiger partial charge in [-0.05, 0) is 44.7 Å². The molecule has 0 saturated heterocycles. The van der Waals surface area contributed by atoms with Crippen molar-refractivity contribution in [3.63, 3.8) is 0 Å². The molecule has 37 heavy (non-hydrogen) atoms. The van der Waals surface area contributed by atoms with Crippen LogP contribution in [0.4, 0.5) is 0 Å². The molecule has 0 aliphatic heterocycles. The number of imidazole rings is 1. The molecule has 0 atom stereocenters. The van der Waals surface area contributed by atoms with Crippen LogP contribution in [0, 0.1) is 0 Å². The van der Waals surface area contributed by atoms with E-state index in [1.165, 1.54) is 65.3 Å². The van der Waals surface area contributed by atoms with Crippen molar-refractivity contribution >= 4 is 59.8 Å². The molecular weight excluding hydrogens is 448 g/mol. The molecule has 0 radical (unpaired) electrons. The summed E-state index contributed by atoms with van der Waals surface area (Å²) in [5, 5.41) is 10.0.